The lowest BCUT2D eigenvalue weighted by Crippen LogP contribution is -2.38. The number of hydrogen-bond donors (Lipinski definition) is 2. The van der Waals surface area contributed by atoms with Crippen molar-refractivity contribution in [2.24, 2.45) is 0 Å². The summed E-state index contributed by atoms with van der Waals surface area (Å²) >= 11 is 0. The number of aliphatic hydroxyl groups is 1. The molecule has 0 spiro atoms. The normalized spacial score (nSPS) is 17.8. The van der Waals surface area contributed by atoms with Crippen LogP contribution in [-0.4, -0.2) is 37.3 Å². The first-order valence-electron chi connectivity index (χ1n) is 6.85. The molecule has 1 aromatic rings. The first-order chi connectivity index (χ1) is 9.44. The van der Waals surface area contributed by atoms with Gasteiger partial charge >= 0.3 is 0 Å². The van der Waals surface area contributed by atoms with Crippen molar-refractivity contribution < 1.29 is 18.3 Å². The number of aromatic nitrogens is 1. The number of nitrogens with zero attached hydrogens (tertiary/aromatic N) is 1. The molecule has 2 heterocycles. The lowest BCUT2D eigenvalue weighted by atomic mass is 10.1. The molecule has 1 fully saturated rings. The van der Waals surface area contributed by atoms with Crippen molar-refractivity contribution in [3.05, 3.63) is 18.0 Å². The van der Waals surface area contributed by atoms with E-state index in [4.69, 9.17) is 4.74 Å². The summed E-state index contributed by atoms with van der Waals surface area (Å²) in [4.78, 5) is 0.210. The maximum absolute atomic E-state index is 12.4. The van der Waals surface area contributed by atoms with E-state index >= 15 is 0 Å². The largest absolute Gasteiger partial charge is 0.390 e. The van der Waals surface area contributed by atoms with Crippen LogP contribution >= 0.6 is 0 Å². The van der Waals surface area contributed by atoms with Gasteiger partial charge in [0.05, 0.1) is 11.5 Å². The molecular weight excluding hydrogens is 280 g/mol. The zero-order valence-corrected chi connectivity index (χ0v) is 12.7. The van der Waals surface area contributed by atoms with Crippen LogP contribution in [0.2, 0.25) is 0 Å². The molecule has 2 rings (SSSR count). The van der Waals surface area contributed by atoms with Gasteiger partial charge in [0.25, 0.3) is 0 Å². The van der Waals surface area contributed by atoms with Crippen molar-refractivity contribution in [2.75, 3.05) is 13.2 Å². The Hall–Kier alpha value is -0.890. The Balaban J connectivity index is 2.20. The average molecular weight is 302 g/mol. The Morgan fingerprint density at radius 3 is 2.60 bits per heavy atom. The van der Waals surface area contributed by atoms with Gasteiger partial charge in [-0.3, -0.25) is 0 Å². The van der Waals surface area contributed by atoms with Crippen LogP contribution in [0, 0.1) is 0 Å². The minimum Gasteiger partial charge on any atom is -0.390 e. The molecule has 1 aromatic heterocycles. The van der Waals surface area contributed by atoms with Crippen LogP contribution in [0.4, 0.5) is 0 Å². The number of sulfonamides is 1. The van der Waals surface area contributed by atoms with Gasteiger partial charge in [0.2, 0.25) is 10.0 Å². The molecule has 20 heavy (non-hydrogen) atoms. The number of nitrogens with one attached hydrogen (secondary N) is 1. The summed E-state index contributed by atoms with van der Waals surface area (Å²) in [5.41, 5.74) is 0.604. The molecule has 6 nitrogen and oxygen atoms in total. The van der Waals surface area contributed by atoms with Crippen molar-refractivity contribution in [3.63, 3.8) is 0 Å². The molecule has 0 aliphatic carbocycles. The van der Waals surface area contributed by atoms with E-state index in [0.717, 1.165) is 0 Å². The molecule has 0 aromatic carbocycles. The fourth-order valence-electron chi connectivity index (χ4n) is 2.35. The van der Waals surface area contributed by atoms with Gasteiger partial charge in [0, 0.05) is 37.2 Å². The number of rotatable bonds is 5. The first kappa shape index (κ1) is 15.5. The lowest BCUT2D eigenvalue weighted by Gasteiger charge is -2.22. The van der Waals surface area contributed by atoms with Gasteiger partial charge < -0.3 is 14.4 Å². The van der Waals surface area contributed by atoms with E-state index < -0.39 is 10.0 Å². The summed E-state index contributed by atoms with van der Waals surface area (Å²) in [7, 11) is -3.54. The Labute approximate surface area is 119 Å². The molecule has 1 aliphatic heterocycles. The molecule has 7 heteroatoms. The molecule has 0 saturated carbocycles. The molecule has 2 N–H and O–H groups in total. The highest BCUT2D eigenvalue weighted by atomic mass is 32.2. The first-order valence-corrected chi connectivity index (χ1v) is 8.34. The van der Waals surface area contributed by atoms with Crippen LogP contribution in [0.1, 0.15) is 38.4 Å². The summed E-state index contributed by atoms with van der Waals surface area (Å²) in [6.07, 6.45) is 2.96. The fraction of sp³-hybridized carbons (Fsp3) is 0.692. The smallest absolute Gasteiger partial charge is 0.242 e. The van der Waals surface area contributed by atoms with Crippen LogP contribution in [0.5, 0.6) is 0 Å². The molecule has 1 aliphatic rings. The summed E-state index contributed by atoms with van der Waals surface area (Å²) in [6, 6.07) is 1.56. The van der Waals surface area contributed by atoms with E-state index in [1.54, 1.807) is 10.8 Å². The van der Waals surface area contributed by atoms with E-state index in [2.05, 4.69) is 4.72 Å². The van der Waals surface area contributed by atoms with Gasteiger partial charge in [0.1, 0.15) is 0 Å². The number of ether oxygens (including phenoxy) is 1. The third-order valence-corrected chi connectivity index (χ3v) is 4.97. The van der Waals surface area contributed by atoms with E-state index in [0.29, 0.717) is 31.7 Å². The second-order valence-corrected chi connectivity index (χ2v) is 7.05. The van der Waals surface area contributed by atoms with Crippen molar-refractivity contribution >= 4 is 10.0 Å². The van der Waals surface area contributed by atoms with Crippen LogP contribution in [-0.2, 0) is 21.4 Å². The minimum atomic E-state index is -3.54. The summed E-state index contributed by atoms with van der Waals surface area (Å²) in [5, 5.41) is 9.32. The van der Waals surface area contributed by atoms with Gasteiger partial charge in [-0.1, -0.05) is 0 Å². The zero-order valence-electron chi connectivity index (χ0n) is 11.9. The van der Waals surface area contributed by atoms with Crippen molar-refractivity contribution in [1.82, 2.24) is 9.29 Å². The second kappa shape index (κ2) is 6.26. The van der Waals surface area contributed by atoms with Gasteiger partial charge in [-0.05, 0) is 32.8 Å². The highest BCUT2D eigenvalue weighted by molar-refractivity contribution is 7.89. The maximum atomic E-state index is 12.4. The summed E-state index contributed by atoms with van der Waals surface area (Å²) < 4.78 is 34.4. The van der Waals surface area contributed by atoms with Crippen molar-refractivity contribution in [1.29, 1.82) is 0 Å². The van der Waals surface area contributed by atoms with Crippen molar-refractivity contribution in [3.8, 4) is 0 Å². The van der Waals surface area contributed by atoms with Gasteiger partial charge in [-0.2, -0.15) is 0 Å². The standard InChI is InChI=1S/C13H22N2O4S/c1-10(2)15-8-13(7-12(15)9-16)20(17,18)14-11-3-5-19-6-4-11/h7-8,10-11,14,16H,3-6,9H2,1-2H3. The van der Waals surface area contributed by atoms with E-state index in [-0.39, 0.29) is 23.6 Å². The Kier molecular flexibility index (Phi) is 4.85. The predicted molar refractivity (Wildman–Crippen MR) is 74.9 cm³/mol. The van der Waals surface area contributed by atoms with Crippen LogP contribution in [0.15, 0.2) is 17.2 Å². The highest BCUT2D eigenvalue weighted by Crippen LogP contribution is 2.20. The Morgan fingerprint density at radius 1 is 1.45 bits per heavy atom. The highest BCUT2D eigenvalue weighted by Gasteiger charge is 2.24. The van der Waals surface area contributed by atoms with Crippen LogP contribution < -0.4 is 4.72 Å². The average Bonchev–Trinajstić information content (AvgIpc) is 2.84. The second-order valence-electron chi connectivity index (χ2n) is 5.33. The molecule has 114 valence electrons. The van der Waals surface area contributed by atoms with E-state index in [1.807, 2.05) is 13.8 Å². The maximum Gasteiger partial charge on any atom is 0.242 e. The Morgan fingerprint density at radius 2 is 2.10 bits per heavy atom. The lowest BCUT2D eigenvalue weighted by molar-refractivity contribution is 0.0832. The molecule has 0 unspecified atom stereocenters. The van der Waals surface area contributed by atoms with Crippen LogP contribution in [0.25, 0.3) is 0 Å². The summed E-state index contributed by atoms with van der Waals surface area (Å²) in [5.74, 6) is 0. The van der Waals surface area contributed by atoms with Crippen LogP contribution in [0.3, 0.4) is 0 Å². The van der Waals surface area contributed by atoms with Crippen molar-refractivity contribution in [2.45, 2.75) is 50.3 Å². The predicted octanol–water partition coefficient (Wildman–Crippen LogP) is 1.02. The summed E-state index contributed by atoms with van der Waals surface area (Å²) in [6.45, 7) is 4.89. The Bertz CT molecular complexity index is 545. The third kappa shape index (κ3) is 3.41. The number of hydrogen-bond acceptors (Lipinski definition) is 4. The SMILES string of the molecule is CC(C)n1cc(S(=O)(=O)NC2CCOCC2)cc1CO. The monoisotopic (exact) mass is 302 g/mol. The van der Waals surface area contributed by atoms with Gasteiger partial charge in [0.15, 0.2) is 0 Å². The molecular formula is C13H22N2O4S. The quantitative estimate of drug-likeness (QED) is 0.851. The van der Waals surface area contributed by atoms with Gasteiger partial charge in [-0.15, -0.1) is 0 Å². The molecule has 0 bridgehead atoms. The zero-order chi connectivity index (χ0) is 14.8. The molecule has 0 radical (unpaired) electrons. The third-order valence-electron chi connectivity index (χ3n) is 3.48. The molecule has 0 atom stereocenters. The van der Waals surface area contributed by atoms with Gasteiger partial charge in [-0.25, -0.2) is 13.1 Å². The molecule has 0 amide bonds. The van der Waals surface area contributed by atoms with E-state index in [9.17, 15) is 13.5 Å². The minimum absolute atomic E-state index is 0.0753. The topological polar surface area (TPSA) is 80.6 Å². The molecule has 1 saturated heterocycles. The van der Waals surface area contributed by atoms with E-state index in [1.165, 1.54) is 6.07 Å². The fourth-order valence-corrected chi connectivity index (χ4v) is 3.71. The number of aliphatic hydroxyl groups excluding tert-OH is 1.